The molecule has 2 heterocycles. The SMILES string of the molecule is CN(C)S(=O)(=O)N1CCC(C(=O)Nc2ccccc2C(=O)NCc2cccnc2)CC1. The molecular formula is C21H27N5O4S. The molecule has 2 aromatic rings. The molecule has 1 aliphatic heterocycles. The fraction of sp³-hybridized carbons (Fsp3) is 0.381. The van der Waals surface area contributed by atoms with Gasteiger partial charge < -0.3 is 10.6 Å². The average Bonchev–Trinajstić information content (AvgIpc) is 2.78. The van der Waals surface area contributed by atoms with Crippen LogP contribution < -0.4 is 10.6 Å². The summed E-state index contributed by atoms with van der Waals surface area (Å²) in [4.78, 5) is 29.5. The van der Waals surface area contributed by atoms with Crippen molar-refractivity contribution in [1.29, 1.82) is 0 Å². The second kappa shape index (κ2) is 9.99. The fourth-order valence-electron chi connectivity index (χ4n) is 3.38. The first-order valence-corrected chi connectivity index (χ1v) is 11.4. The van der Waals surface area contributed by atoms with Crippen LogP contribution in [0.2, 0.25) is 0 Å². The molecule has 9 nitrogen and oxygen atoms in total. The first kappa shape index (κ1) is 22.9. The van der Waals surface area contributed by atoms with E-state index in [2.05, 4.69) is 15.6 Å². The maximum absolute atomic E-state index is 12.8. The molecule has 0 radical (unpaired) electrons. The molecule has 1 fully saturated rings. The van der Waals surface area contributed by atoms with Gasteiger partial charge in [-0.3, -0.25) is 14.6 Å². The van der Waals surface area contributed by atoms with Crippen molar-refractivity contribution >= 4 is 27.7 Å². The van der Waals surface area contributed by atoms with E-state index in [9.17, 15) is 18.0 Å². The number of benzene rings is 1. The van der Waals surface area contributed by atoms with Gasteiger partial charge in [0.15, 0.2) is 0 Å². The molecule has 0 aliphatic carbocycles. The quantitative estimate of drug-likeness (QED) is 0.670. The monoisotopic (exact) mass is 445 g/mol. The number of carbonyl (C=O) groups is 2. The Labute approximate surface area is 182 Å². The number of carbonyl (C=O) groups excluding carboxylic acids is 2. The summed E-state index contributed by atoms with van der Waals surface area (Å²) in [5.74, 6) is -0.832. The summed E-state index contributed by atoms with van der Waals surface area (Å²) in [5.41, 5.74) is 1.67. The van der Waals surface area contributed by atoms with E-state index in [1.165, 1.54) is 22.7 Å². The van der Waals surface area contributed by atoms with Gasteiger partial charge in [0, 0.05) is 52.0 Å². The molecule has 0 saturated carbocycles. The van der Waals surface area contributed by atoms with Crippen LogP contribution in [0.15, 0.2) is 48.8 Å². The van der Waals surface area contributed by atoms with Crippen molar-refractivity contribution in [2.24, 2.45) is 5.92 Å². The highest BCUT2D eigenvalue weighted by atomic mass is 32.2. The Hall–Kier alpha value is -2.82. The van der Waals surface area contributed by atoms with E-state index in [-0.39, 0.29) is 30.8 Å². The second-order valence-electron chi connectivity index (χ2n) is 7.54. The van der Waals surface area contributed by atoms with Crippen LogP contribution in [-0.2, 0) is 21.5 Å². The summed E-state index contributed by atoms with van der Waals surface area (Å²) in [5, 5.41) is 5.68. The van der Waals surface area contributed by atoms with Crippen LogP contribution in [0, 0.1) is 5.92 Å². The lowest BCUT2D eigenvalue weighted by Gasteiger charge is -2.32. The summed E-state index contributed by atoms with van der Waals surface area (Å²) in [7, 11) is -0.497. The van der Waals surface area contributed by atoms with Crippen molar-refractivity contribution < 1.29 is 18.0 Å². The molecule has 1 aliphatic rings. The topological polar surface area (TPSA) is 112 Å². The Morgan fingerprint density at radius 2 is 1.84 bits per heavy atom. The predicted molar refractivity (Wildman–Crippen MR) is 117 cm³/mol. The molecule has 10 heteroatoms. The standard InChI is InChI=1S/C21H27N5O4S/c1-25(2)31(29,30)26-12-9-17(10-13-26)20(27)24-19-8-4-3-7-18(19)21(28)23-15-16-6-5-11-22-14-16/h3-8,11,14,17H,9-10,12-13,15H2,1-2H3,(H,23,28)(H,24,27). The van der Waals surface area contributed by atoms with Gasteiger partial charge in [0.05, 0.1) is 11.3 Å². The Morgan fingerprint density at radius 3 is 2.48 bits per heavy atom. The molecule has 0 atom stereocenters. The van der Waals surface area contributed by atoms with E-state index in [0.717, 1.165) is 5.56 Å². The van der Waals surface area contributed by atoms with E-state index in [4.69, 9.17) is 0 Å². The van der Waals surface area contributed by atoms with Gasteiger partial charge in [0.2, 0.25) is 5.91 Å². The van der Waals surface area contributed by atoms with Crippen molar-refractivity contribution in [2.45, 2.75) is 19.4 Å². The third-order valence-electron chi connectivity index (χ3n) is 5.22. The van der Waals surface area contributed by atoms with E-state index in [1.54, 1.807) is 42.7 Å². The number of pyridine rings is 1. The minimum atomic E-state index is -3.48. The number of anilines is 1. The van der Waals surface area contributed by atoms with Crippen LogP contribution in [0.3, 0.4) is 0 Å². The average molecular weight is 446 g/mol. The van der Waals surface area contributed by atoms with Crippen molar-refractivity contribution in [3.63, 3.8) is 0 Å². The van der Waals surface area contributed by atoms with Crippen LogP contribution in [0.5, 0.6) is 0 Å². The number of hydrogen-bond donors (Lipinski definition) is 2. The lowest BCUT2D eigenvalue weighted by atomic mass is 9.97. The minimum Gasteiger partial charge on any atom is -0.348 e. The van der Waals surface area contributed by atoms with Crippen LogP contribution in [0.4, 0.5) is 5.69 Å². The van der Waals surface area contributed by atoms with Crippen molar-refractivity contribution in [2.75, 3.05) is 32.5 Å². The van der Waals surface area contributed by atoms with Gasteiger partial charge in [-0.2, -0.15) is 17.0 Å². The van der Waals surface area contributed by atoms with Gasteiger partial charge in [-0.1, -0.05) is 18.2 Å². The maximum Gasteiger partial charge on any atom is 0.281 e. The lowest BCUT2D eigenvalue weighted by molar-refractivity contribution is -0.120. The van der Waals surface area contributed by atoms with E-state index in [0.29, 0.717) is 30.6 Å². The molecule has 31 heavy (non-hydrogen) atoms. The molecule has 166 valence electrons. The molecule has 1 saturated heterocycles. The Balaban J connectivity index is 1.60. The smallest absolute Gasteiger partial charge is 0.281 e. The number of nitrogens with zero attached hydrogens (tertiary/aromatic N) is 3. The first-order chi connectivity index (χ1) is 14.8. The van der Waals surface area contributed by atoms with E-state index < -0.39 is 10.2 Å². The largest absolute Gasteiger partial charge is 0.348 e. The molecule has 0 spiro atoms. The number of nitrogens with one attached hydrogen (secondary N) is 2. The molecule has 0 bridgehead atoms. The lowest BCUT2D eigenvalue weighted by Crippen LogP contribution is -2.46. The molecule has 2 N–H and O–H groups in total. The third kappa shape index (κ3) is 5.66. The zero-order valence-electron chi connectivity index (χ0n) is 17.6. The molecule has 1 aromatic heterocycles. The van der Waals surface area contributed by atoms with E-state index >= 15 is 0 Å². The molecule has 0 unspecified atom stereocenters. The maximum atomic E-state index is 12.8. The number of amides is 2. The summed E-state index contributed by atoms with van der Waals surface area (Å²) >= 11 is 0. The van der Waals surface area contributed by atoms with Gasteiger partial charge in [-0.15, -0.1) is 0 Å². The number of rotatable bonds is 7. The van der Waals surface area contributed by atoms with Gasteiger partial charge in [0.1, 0.15) is 0 Å². The first-order valence-electron chi connectivity index (χ1n) is 10.0. The van der Waals surface area contributed by atoms with Crippen LogP contribution in [-0.4, -0.2) is 61.0 Å². The second-order valence-corrected chi connectivity index (χ2v) is 9.68. The minimum absolute atomic E-state index is 0.214. The highest BCUT2D eigenvalue weighted by Gasteiger charge is 2.32. The Kier molecular flexibility index (Phi) is 7.37. The number of hydrogen-bond acceptors (Lipinski definition) is 5. The highest BCUT2D eigenvalue weighted by molar-refractivity contribution is 7.86. The number of para-hydroxylation sites is 1. The Bertz CT molecular complexity index is 1020. The van der Waals surface area contributed by atoms with Gasteiger partial charge in [-0.25, -0.2) is 0 Å². The molecular weight excluding hydrogens is 418 g/mol. The predicted octanol–water partition coefficient (Wildman–Crippen LogP) is 1.47. The zero-order chi connectivity index (χ0) is 22.4. The summed E-state index contributed by atoms with van der Waals surface area (Å²) in [6, 6.07) is 10.5. The molecule has 1 aromatic carbocycles. The van der Waals surface area contributed by atoms with E-state index in [1.807, 2.05) is 6.07 Å². The van der Waals surface area contributed by atoms with Crippen LogP contribution in [0.25, 0.3) is 0 Å². The molecule has 3 rings (SSSR count). The zero-order valence-corrected chi connectivity index (χ0v) is 18.4. The number of piperidine rings is 1. The van der Waals surface area contributed by atoms with Gasteiger partial charge >= 0.3 is 0 Å². The highest BCUT2D eigenvalue weighted by Crippen LogP contribution is 2.23. The van der Waals surface area contributed by atoms with Crippen molar-refractivity contribution in [3.8, 4) is 0 Å². The van der Waals surface area contributed by atoms with Crippen LogP contribution in [0.1, 0.15) is 28.8 Å². The summed E-state index contributed by atoms with van der Waals surface area (Å²) in [6.07, 6.45) is 4.19. The molecule has 2 amide bonds. The summed E-state index contributed by atoms with van der Waals surface area (Å²) < 4.78 is 27.0. The normalized spacial score (nSPS) is 15.6. The van der Waals surface area contributed by atoms with Gasteiger partial charge in [-0.05, 0) is 36.6 Å². The Morgan fingerprint density at radius 1 is 1.13 bits per heavy atom. The summed E-state index contributed by atoms with van der Waals surface area (Å²) in [6.45, 7) is 0.894. The third-order valence-corrected chi connectivity index (χ3v) is 7.16. The van der Waals surface area contributed by atoms with Crippen LogP contribution >= 0.6 is 0 Å². The number of aromatic nitrogens is 1. The fourth-order valence-corrected chi connectivity index (χ4v) is 4.52. The van der Waals surface area contributed by atoms with Crippen molar-refractivity contribution in [3.05, 3.63) is 59.9 Å². The van der Waals surface area contributed by atoms with Gasteiger partial charge in [0.25, 0.3) is 16.1 Å². The van der Waals surface area contributed by atoms with Crippen molar-refractivity contribution in [1.82, 2.24) is 18.9 Å².